The summed E-state index contributed by atoms with van der Waals surface area (Å²) in [6.07, 6.45) is 0. The first-order valence-corrected chi connectivity index (χ1v) is 11.2. The number of aryl methyl sites for hydroxylation is 5. The zero-order valence-electron chi connectivity index (χ0n) is 16.3. The van der Waals surface area contributed by atoms with Gasteiger partial charge >= 0.3 is 0 Å². The second-order valence-electron chi connectivity index (χ2n) is 6.00. The Bertz CT molecular complexity index is 906. The number of nitrogen functional groups attached to an aromatic ring is 2. The largest absolute Gasteiger partial charge is 1.00 e. The molecule has 0 radical (unpaired) electrons. The monoisotopic (exact) mass is 508 g/mol. The molecule has 0 bridgehead atoms. The third kappa shape index (κ3) is 8.23. The molecule has 1 aromatic carbocycles. The van der Waals surface area contributed by atoms with Gasteiger partial charge in [-0.1, -0.05) is 49.7 Å². The molecule has 156 valence electrons. The second-order valence-corrected chi connectivity index (χ2v) is 8.75. The van der Waals surface area contributed by atoms with Gasteiger partial charge in [-0.05, 0) is 31.9 Å². The fourth-order valence-corrected chi connectivity index (χ4v) is 4.50. The molecule has 28 heavy (non-hydrogen) atoms. The normalized spacial score (nSPS) is 10.1. The Morgan fingerprint density at radius 2 is 1.21 bits per heavy atom. The van der Waals surface area contributed by atoms with Crippen LogP contribution in [0.4, 0.5) is 0 Å². The molecule has 0 atom stereocenters. The Kier molecular flexibility index (Phi) is 10.8. The van der Waals surface area contributed by atoms with Crippen LogP contribution in [0.15, 0.2) is 38.8 Å². The van der Waals surface area contributed by atoms with Crippen molar-refractivity contribution in [3.63, 3.8) is 0 Å². The van der Waals surface area contributed by atoms with Crippen LogP contribution in [0, 0.1) is 34.6 Å². The summed E-state index contributed by atoms with van der Waals surface area (Å²) < 4.78 is 35.7. The maximum absolute atomic E-state index is 10.8. The van der Waals surface area contributed by atoms with E-state index < -0.39 is 10.1 Å². The van der Waals surface area contributed by atoms with Crippen LogP contribution in [0.2, 0.25) is 0 Å². The molecule has 0 unspecified atom stereocenters. The number of nitrogens with two attached hydrogens (primary N) is 2. The number of hydrogen-bond acceptors (Lipinski definition) is 7. The average Bonchev–Trinajstić information content (AvgIpc) is 3.06. The van der Waals surface area contributed by atoms with E-state index in [4.69, 9.17) is 11.7 Å². The summed E-state index contributed by atoms with van der Waals surface area (Å²) in [5.74, 6) is 10.7. The Morgan fingerprint density at radius 1 is 0.857 bits per heavy atom. The van der Waals surface area contributed by atoms with Crippen molar-refractivity contribution in [2.24, 2.45) is 0 Å². The summed E-state index contributed by atoms with van der Waals surface area (Å²) in [4.78, 5) is -0.0851. The summed E-state index contributed by atoms with van der Waals surface area (Å²) in [6, 6.07) is 3.38. The number of rotatable bonds is 1. The van der Waals surface area contributed by atoms with Gasteiger partial charge in [0.1, 0.15) is 10.1 Å². The molecule has 0 fully saturated rings. The van der Waals surface area contributed by atoms with Crippen LogP contribution in [0.5, 0.6) is 0 Å². The van der Waals surface area contributed by atoms with Gasteiger partial charge in [0.05, 0.1) is 15.7 Å². The van der Waals surface area contributed by atoms with E-state index >= 15 is 0 Å². The highest BCUT2D eigenvalue weighted by molar-refractivity contribution is 7.85. The SMILES string of the molecule is Cc1cc(C)c(S(=O)(=O)[O-])c(C)c1.Cc1csc[n+]1N.Cc1csc[n+]1N.[Br-]. The van der Waals surface area contributed by atoms with Crippen LogP contribution in [-0.4, -0.2) is 13.0 Å². The van der Waals surface area contributed by atoms with Crippen LogP contribution in [-0.2, 0) is 10.1 Å². The predicted molar refractivity (Wildman–Crippen MR) is 107 cm³/mol. The third-order valence-corrected chi connectivity index (χ3v) is 6.29. The molecule has 2 heterocycles. The number of aromatic nitrogens is 2. The number of halogens is 1. The van der Waals surface area contributed by atoms with E-state index in [-0.39, 0.29) is 21.9 Å². The standard InChI is InChI=1S/C9H12O3S.2C4H7N2S.BrH/c1-6-4-7(2)9(8(3)5-6)13(10,11)12;2*1-4-2-7-3-6(4)5;/h4-5H,1-3H3,(H,10,11,12);2*2-3H,5H2,1H3;1H/q;2*+1;/p-2. The third-order valence-electron chi connectivity index (χ3n) is 3.50. The van der Waals surface area contributed by atoms with E-state index in [1.165, 1.54) is 0 Å². The molecule has 0 aliphatic carbocycles. The van der Waals surface area contributed by atoms with Crippen LogP contribution in [0.25, 0.3) is 0 Å². The first kappa shape index (κ1) is 26.5. The highest BCUT2D eigenvalue weighted by atomic mass is 79.9. The van der Waals surface area contributed by atoms with Gasteiger partial charge in [-0.25, -0.2) is 20.1 Å². The summed E-state index contributed by atoms with van der Waals surface area (Å²) >= 11 is 3.21. The first-order valence-electron chi connectivity index (χ1n) is 7.86. The lowest BCUT2D eigenvalue weighted by atomic mass is 10.1. The molecule has 0 aliphatic rings. The molecule has 11 heteroatoms. The van der Waals surface area contributed by atoms with Crippen molar-refractivity contribution in [3.8, 4) is 0 Å². The van der Waals surface area contributed by atoms with E-state index in [0.717, 1.165) is 17.0 Å². The van der Waals surface area contributed by atoms with Gasteiger partial charge in [0, 0.05) is 13.8 Å². The van der Waals surface area contributed by atoms with Crippen molar-refractivity contribution in [3.05, 3.63) is 62.0 Å². The topological polar surface area (TPSA) is 117 Å². The van der Waals surface area contributed by atoms with Crippen LogP contribution in [0.1, 0.15) is 28.1 Å². The van der Waals surface area contributed by atoms with Crippen molar-refractivity contribution >= 4 is 32.8 Å². The lowest BCUT2D eigenvalue weighted by Gasteiger charge is -2.14. The fraction of sp³-hybridized carbons (Fsp3) is 0.294. The summed E-state index contributed by atoms with van der Waals surface area (Å²) in [5, 5.41) is 4.00. The van der Waals surface area contributed by atoms with Crippen molar-refractivity contribution < 1.29 is 39.3 Å². The highest BCUT2D eigenvalue weighted by Gasteiger charge is 2.09. The zero-order valence-corrected chi connectivity index (χ0v) is 20.4. The minimum absolute atomic E-state index is 0. The van der Waals surface area contributed by atoms with Crippen LogP contribution in [0.3, 0.4) is 0 Å². The molecule has 0 aliphatic heterocycles. The van der Waals surface area contributed by atoms with Crippen molar-refractivity contribution in [2.75, 3.05) is 11.7 Å². The van der Waals surface area contributed by atoms with Gasteiger partial charge in [-0.15, -0.1) is 0 Å². The molecule has 3 aromatic rings. The lowest BCUT2D eigenvalue weighted by Crippen LogP contribution is -3.00. The maximum Gasteiger partial charge on any atom is 0.254 e. The Morgan fingerprint density at radius 3 is 1.39 bits per heavy atom. The van der Waals surface area contributed by atoms with Gasteiger partial charge in [-0.2, -0.15) is 0 Å². The van der Waals surface area contributed by atoms with Crippen LogP contribution >= 0.6 is 22.7 Å². The van der Waals surface area contributed by atoms with Crippen molar-refractivity contribution in [1.82, 2.24) is 0 Å². The van der Waals surface area contributed by atoms with Crippen molar-refractivity contribution in [1.29, 1.82) is 0 Å². The van der Waals surface area contributed by atoms with Crippen LogP contribution < -0.4 is 38.0 Å². The minimum Gasteiger partial charge on any atom is -1.00 e. The van der Waals surface area contributed by atoms with Gasteiger partial charge in [-0.3, -0.25) is 0 Å². The second kappa shape index (κ2) is 11.5. The van der Waals surface area contributed by atoms with Crippen molar-refractivity contribution in [2.45, 2.75) is 39.5 Å². The van der Waals surface area contributed by atoms with E-state index in [1.54, 1.807) is 58.0 Å². The molecular formula is C17H25BrN4O3S3. The van der Waals surface area contributed by atoms with Gasteiger partial charge < -0.3 is 21.5 Å². The lowest BCUT2D eigenvalue weighted by molar-refractivity contribution is -0.640. The number of nitrogens with zero attached hydrogens (tertiary/aromatic N) is 2. The first-order chi connectivity index (χ1) is 12.4. The van der Waals surface area contributed by atoms with Gasteiger partial charge in [0.2, 0.25) is 11.4 Å². The molecule has 0 saturated heterocycles. The number of thiazole rings is 2. The van der Waals surface area contributed by atoms with Gasteiger partial charge in [0.25, 0.3) is 11.0 Å². The van der Waals surface area contributed by atoms with E-state index in [1.807, 2.05) is 42.6 Å². The molecule has 2 aromatic heterocycles. The number of hydrogen-bond donors (Lipinski definition) is 2. The average molecular weight is 510 g/mol. The molecule has 3 rings (SSSR count). The predicted octanol–water partition coefficient (Wildman–Crippen LogP) is -1.36. The Balaban J connectivity index is 0.000000414. The number of benzene rings is 1. The van der Waals surface area contributed by atoms with E-state index in [0.29, 0.717) is 11.1 Å². The summed E-state index contributed by atoms with van der Waals surface area (Å²) in [7, 11) is -4.33. The highest BCUT2D eigenvalue weighted by Crippen LogP contribution is 2.20. The quantitative estimate of drug-likeness (QED) is 0.239. The smallest absolute Gasteiger partial charge is 0.254 e. The zero-order chi connectivity index (χ0) is 20.8. The molecule has 0 saturated carbocycles. The Labute approximate surface area is 184 Å². The summed E-state index contributed by atoms with van der Waals surface area (Å²) in [5.41, 5.74) is 7.92. The molecule has 7 nitrogen and oxygen atoms in total. The van der Waals surface area contributed by atoms with Gasteiger partial charge in [0.15, 0.2) is 0 Å². The minimum atomic E-state index is -4.33. The summed E-state index contributed by atoms with van der Waals surface area (Å²) in [6.45, 7) is 9.06. The molecule has 0 amide bonds. The fourth-order valence-electron chi connectivity index (χ4n) is 2.24. The maximum atomic E-state index is 10.8. The molecule has 4 N–H and O–H groups in total. The molecular weight excluding hydrogens is 484 g/mol. The van der Waals surface area contributed by atoms with E-state index in [9.17, 15) is 13.0 Å². The Hall–Kier alpha value is -1.53. The molecule has 0 spiro atoms. The van der Waals surface area contributed by atoms with E-state index in [2.05, 4.69) is 0 Å².